The van der Waals surface area contributed by atoms with E-state index in [4.69, 9.17) is 4.42 Å². The molecule has 244 valence electrons. The minimum absolute atomic E-state index is 0.167. The zero-order valence-corrected chi connectivity index (χ0v) is 29.1. The molecule has 0 atom stereocenters. The van der Waals surface area contributed by atoms with Crippen LogP contribution in [0.4, 0.5) is 0 Å². The van der Waals surface area contributed by atoms with E-state index in [1.54, 1.807) is 0 Å². The molecule has 0 saturated heterocycles. The lowest BCUT2D eigenvalue weighted by molar-refractivity contribution is 0.657. The molecule has 52 heavy (non-hydrogen) atoms. The molecule has 0 saturated carbocycles. The van der Waals surface area contributed by atoms with Crippen LogP contribution in [0.2, 0.25) is 0 Å². The summed E-state index contributed by atoms with van der Waals surface area (Å²) < 4.78 is 6.96. The Morgan fingerprint density at radius 2 is 1.00 bits per heavy atom. The first-order valence-electron chi connectivity index (χ1n) is 18.2. The number of hydrogen-bond donors (Lipinski definition) is 0. The van der Waals surface area contributed by atoms with Crippen LogP contribution in [0, 0.1) is 0 Å². The lowest BCUT2D eigenvalue weighted by Gasteiger charge is -2.23. The molecule has 0 unspecified atom stereocenters. The Kier molecular flexibility index (Phi) is 6.08. The Balaban J connectivity index is 1.23. The highest BCUT2D eigenvalue weighted by molar-refractivity contribution is 6.25. The van der Waals surface area contributed by atoms with Gasteiger partial charge in [-0.1, -0.05) is 159 Å². The Labute approximate surface area is 302 Å². The molecule has 11 rings (SSSR count). The summed E-state index contributed by atoms with van der Waals surface area (Å²) in [5.41, 5.74) is 14.3. The fourth-order valence-electron chi connectivity index (χ4n) is 9.30. The molecule has 0 bridgehead atoms. The van der Waals surface area contributed by atoms with Crippen LogP contribution < -0.4 is 0 Å². The summed E-state index contributed by atoms with van der Waals surface area (Å²) in [6.45, 7) is 4.73. The van der Waals surface area contributed by atoms with Crippen molar-refractivity contribution in [2.75, 3.05) is 0 Å². The zero-order valence-electron chi connectivity index (χ0n) is 29.1. The molecule has 0 amide bonds. The van der Waals surface area contributed by atoms with Gasteiger partial charge in [-0.15, -0.1) is 0 Å². The van der Waals surface area contributed by atoms with E-state index in [2.05, 4.69) is 184 Å². The average Bonchev–Trinajstić information content (AvgIpc) is 3.68. The van der Waals surface area contributed by atoms with Crippen LogP contribution in [0.3, 0.4) is 0 Å². The van der Waals surface area contributed by atoms with E-state index in [1.807, 2.05) is 0 Å². The van der Waals surface area contributed by atoms with Crippen LogP contribution in [0.25, 0.3) is 98.8 Å². The Bertz CT molecular complexity index is 3040. The zero-order chi connectivity index (χ0) is 34.6. The van der Waals surface area contributed by atoms with Crippen molar-refractivity contribution in [3.05, 3.63) is 181 Å². The molecule has 0 radical (unpaired) electrons. The number of benzene rings is 9. The number of furan rings is 1. The van der Waals surface area contributed by atoms with Crippen molar-refractivity contribution >= 4 is 54.3 Å². The number of para-hydroxylation sites is 1. The van der Waals surface area contributed by atoms with Crippen molar-refractivity contribution in [1.29, 1.82) is 0 Å². The van der Waals surface area contributed by atoms with Crippen molar-refractivity contribution < 1.29 is 4.42 Å². The lowest BCUT2D eigenvalue weighted by atomic mass is 9.79. The summed E-state index contributed by atoms with van der Waals surface area (Å²) in [5, 5.41) is 9.82. The van der Waals surface area contributed by atoms with Crippen LogP contribution in [-0.4, -0.2) is 0 Å². The first kappa shape index (κ1) is 29.3. The lowest BCUT2D eigenvalue weighted by Crippen LogP contribution is -2.15. The monoisotopic (exact) mass is 662 g/mol. The van der Waals surface area contributed by atoms with Gasteiger partial charge in [-0.25, -0.2) is 0 Å². The normalized spacial score (nSPS) is 13.3. The fourth-order valence-corrected chi connectivity index (χ4v) is 9.30. The third-order valence-electron chi connectivity index (χ3n) is 11.6. The van der Waals surface area contributed by atoms with Crippen molar-refractivity contribution in [3.8, 4) is 44.5 Å². The summed E-state index contributed by atoms with van der Waals surface area (Å²) in [5.74, 6) is 0. The van der Waals surface area contributed by atoms with E-state index >= 15 is 0 Å². The van der Waals surface area contributed by atoms with Gasteiger partial charge in [-0.3, -0.25) is 0 Å². The average molecular weight is 663 g/mol. The molecule has 1 nitrogen and oxygen atoms in total. The summed E-state index contributed by atoms with van der Waals surface area (Å²) in [4.78, 5) is 0. The van der Waals surface area contributed by atoms with Gasteiger partial charge >= 0.3 is 0 Å². The molecule has 0 N–H and O–H groups in total. The van der Waals surface area contributed by atoms with E-state index in [0.717, 1.165) is 16.7 Å². The van der Waals surface area contributed by atoms with Crippen LogP contribution in [0.15, 0.2) is 174 Å². The molecule has 1 heteroatoms. The molecule has 9 aromatic carbocycles. The van der Waals surface area contributed by atoms with Gasteiger partial charge in [0.25, 0.3) is 0 Å². The second-order valence-electron chi connectivity index (χ2n) is 14.8. The molecule has 10 aromatic rings. The molecule has 1 aliphatic rings. The van der Waals surface area contributed by atoms with Gasteiger partial charge in [0.1, 0.15) is 11.2 Å². The largest absolute Gasteiger partial charge is 0.455 e. The predicted molar refractivity (Wildman–Crippen MR) is 220 cm³/mol. The summed E-state index contributed by atoms with van der Waals surface area (Å²) in [6.07, 6.45) is 0. The van der Waals surface area contributed by atoms with Crippen molar-refractivity contribution in [2.45, 2.75) is 19.3 Å². The van der Waals surface area contributed by atoms with Crippen LogP contribution in [0.1, 0.15) is 25.0 Å². The Morgan fingerprint density at radius 3 is 1.77 bits per heavy atom. The van der Waals surface area contributed by atoms with Crippen LogP contribution in [-0.2, 0) is 5.41 Å². The summed E-state index contributed by atoms with van der Waals surface area (Å²) in [7, 11) is 0. The SMILES string of the molecule is CC1(C)c2ccccc2-c2cc(-c3c4ccccc4c(-c4cccc(-c5ccc6ccccc6c5)c4)c4ccccc34)c3oc4ccccc4c3c21. The molecule has 1 heterocycles. The smallest absolute Gasteiger partial charge is 0.143 e. The van der Waals surface area contributed by atoms with Crippen molar-refractivity contribution in [3.63, 3.8) is 0 Å². The number of rotatable bonds is 3. The standard InChI is InChI=1S/C51H34O/c1-51(2)44-24-11-9-18-36(44)42-30-43(50-48(49(42)51)41-23-10-12-25-45(41)52-50)47-39-21-7-5-19-37(39)46(38-20-6-8-22-40(38)47)35-17-13-16-33(29-35)34-27-26-31-14-3-4-15-32(31)28-34/h3-30H,1-2H3. The first-order chi connectivity index (χ1) is 25.6. The minimum atomic E-state index is -0.167. The maximum atomic E-state index is 6.96. The van der Waals surface area contributed by atoms with Gasteiger partial charge < -0.3 is 4.42 Å². The fraction of sp³-hybridized carbons (Fsp3) is 0.0588. The van der Waals surface area contributed by atoms with Crippen molar-refractivity contribution in [1.82, 2.24) is 0 Å². The van der Waals surface area contributed by atoms with E-state index in [9.17, 15) is 0 Å². The third kappa shape index (κ3) is 4.05. The summed E-state index contributed by atoms with van der Waals surface area (Å²) in [6, 6.07) is 62.3. The van der Waals surface area contributed by atoms with Crippen LogP contribution >= 0.6 is 0 Å². The quantitative estimate of drug-likeness (QED) is 0.172. The van der Waals surface area contributed by atoms with Gasteiger partial charge in [0.15, 0.2) is 0 Å². The second-order valence-corrected chi connectivity index (χ2v) is 14.8. The highest BCUT2D eigenvalue weighted by Crippen LogP contribution is 2.56. The Hall–Kier alpha value is -6.44. The highest BCUT2D eigenvalue weighted by atomic mass is 16.3. The molecular weight excluding hydrogens is 629 g/mol. The van der Waals surface area contributed by atoms with Crippen molar-refractivity contribution in [2.24, 2.45) is 0 Å². The molecule has 0 spiro atoms. The number of hydrogen-bond acceptors (Lipinski definition) is 1. The van der Waals surface area contributed by atoms with Crippen LogP contribution in [0.5, 0.6) is 0 Å². The first-order valence-corrected chi connectivity index (χ1v) is 18.2. The molecule has 1 aliphatic carbocycles. The highest BCUT2D eigenvalue weighted by Gasteiger charge is 2.39. The summed E-state index contributed by atoms with van der Waals surface area (Å²) >= 11 is 0. The van der Waals surface area contributed by atoms with E-state index in [-0.39, 0.29) is 5.41 Å². The van der Waals surface area contributed by atoms with Gasteiger partial charge in [0.2, 0.25) is 0 Å². The van der Waals surface area contributed by atoms with E-state index < -0.39 is 0 Å². The van der Waals surface area contributed by atoms with Gasteiger partial charge in [0, 0.05) is 27.3 Å². The third-order valence-corrected chi connectivity index (χ3v) is 11.6. The van der Waals surface area contributed by atoms with Gasteiger partial charge in [0.05, 0.1) is 0 Å². The molecule has 1 aromatic heterocycles. The molecule has 0 fully saturated rings. The van der Waals surface area contributed by atoms with Gasteiger partial charge in [-0.05, 0) is 101 Å². The van der Waals surface area contributed by atoms with E-state index in [1.165, 1.54) is 93.2 Å². The topological polar surface area (TPSA) is 13.1 Å². The maximum Gasteiger partial charge on any atom is 0.143 e. The number of fused-ring (bicyclic) bond motifs is 10. The van der Waals surface area contributed by atoms with Gasteiger partial charge in [-0.2, -0.15) is 0 Å². The Morgan fingerprint density at radius 1 is 0.404 bits per heavy atom. The van der Waals surface area contributed by atoms with E-state index in [0.29, 0.717) is 0 Å². The molecule has 0 aliphatic heterocycles. The predicted octanol–water partition coefficient (Wildman–Crippen LogP) is 14.4. The molecular formula is C51H34O. The minimum Gasteiger partial charge on any atom is -0.455 e. The maximum absolute atomic E-state index is 6.96. The second kappa shape index (κ2) is 10.8.